The van der Waals surface area contributed by atoms with Crippen LogP contribution in [0.4, 0.5) is 0 Å². The number of aromatic nitrogens is 2. The molecular formula is C38H40N2O6S. The Balaban J connectivity index is 1.52. The van der Waals surface area contributed by atoms with E-state index in [1.54, 1.807) is 13.1 Å². The molecule has 0 aliphatic carbocycles. The second kappa shape index (κ2) is 17.6. The van der Waals surface area contributed by atoms with Crippen molar-refractivity contribution in [1.82, 2.24) is 9.55 Å². The molecule has 0 bridgehead atoms. The first kappa shape index (κ1) is 34.1. The largest absolute Gasteiger partial charge is 0.388 e. The predicted octanol–water partition coefficient (Wildman–Crippen LogP) is 6.03. The van der Waals surface area contributed by atoms with E-state index in [1.165, 1.54) is 16.3 Å². The van der Waals surface area contributed by atoms with E-state index in [2.05, 4.69) is 4.98 Å². The molecule has 4 atom stereocenters. The number of hydrogen-bond acceptors (Lipinski definition) is 7. The molecule has 0 aliphatic rings. The summed E-state index contributed by atoms with van der Waals surface area (Å²) in [6.07, 6.45) is -1.36. The molecule has 0 spiro atoms. The van der Waals surface area contributed by atoms with E-state index >= 15 is 0 Å². The maximum absolute atomic E-state index is 13.4. The number of rotatable bonds is 17. The minimum Gasteiger partial charge on any atom is -0.388 e. The number of aliphatic hydroxyl groups is 1. The minimum absolute atomic E-state index is 0.0326. The first-order valence-corrected chi connectivity index (χ1v) is 16.6. The summed E-state index contributed by atoms with van der Waals surface area (Å²) in [5.74, 6) is 0.535. The lowest BCUT2D eigenvalue weighted by atomic mass is 10.1. The molecule has 9 heteroatoms. The lowest BCUT2D eigenvalue weighted by Crippen LogP contribution is -2.49. The molecule has 5 rings (SSSR count). The van der Waals surface area contributed by atoms with E-state index in [1.807, 2.05) is 121 Å². The average molecular weight is 653 g/mol. The van der Waals surface area contributed by atoms with Gasteiger partial charge in [0.15, 0.2) is 0 Å². The van der Waals surface area contributed by atoms with Crippen LogP contribution in [-0.4, -0.2) is 39.6 Å². The Morgan fingerprint density at radius 3 is 1.68 bits per heavy atom. The topological polar surface area (TPSA) is 103 Å². The zero-order valence-electron chi connectivity index (χ0n) is 26.3. The summed E-state index contributed by atoms with van der Waals surface area (Å²) >= 11 is 1.47. The zero-order valence-corrected chi connectivity index (χ0v) is 27.1. The van der Waals surface area contributed by atoms with E-state index < -0.39 is 34.9 Å². The molecule has 0 unspecified atom stereocenters. The van der Waals surface area contributed by atoms with Crippen LogP contribution in [-0.2, 0) is 39.8 Å². The molecule has 244 valence electrons. The van der Waals surface area contributed by atoms with Gasteiger partial charge in [-0.25, -0.2) is 4.79 Å². The van der Waals surface area contributed by atoms with Gasteiger partial charge in [0.1, 0.15) is 23.7 Å². The van der Waals surface area contributed by atoms with Crippen LogP contribution in [0.3, 0.4) is 0 Å². The van der Waals surface area contributed by atoms with Crippen molar-refractivity contribution in [1.29, 1.82) is 0 Å². The van der Waals surface area contributed by atoms with Gasteiger partial charge in [0.05, 0.1) is 26.4 Å². The summed E-state index contributed by atoms with van der Waals surface area (Å²) in [6.45, 7) is 2.33. The van der Waals surface area contributed by atoms with Crippen LogP contribution < -0.4 is 11.2 Å². The molecule has 47 heavy (non-hydrogen) atoms. The standard InChI is InChI=1S/C38H40N2O6S/c1-28-22-40(38(43)39-36(28)42)37(47-27-32-20-12-5-13-21-32)35(46-25-31-18-10-4-11-19-31)34(45-24-30-16-8-3-9-17-30)33(41)26-44-23-29-14-6-2-7-15-29/h2-22,33-35,37,41H,23-27H2,1H3,(H,39,42,43)/t33-,34+,35-,37-/m1/s1. The number of hydrogen-bond donors (Lipinski definition) is 2. The maximum Gasteiger partial charge on any atom is 0.329 e. The van der Waals surface area contributed by atoms with Crippen LogP contribution in [0.2, 0.25) is 0 Å². The summed E-state index contributed by atoms with van der Waals surface area (Å²) in [6, 6.07) is 39.0. The summed E-state index contributed by atoms with van der Waals surface area (Å²) in [5.41, 5.74) is 3.22. The molecule has 0 saturated carbocycles. The molecule has 0 fully saturated rings. The highest BCUT2D eigenvalue weighted by atomic mass is 32.2. The number of H-pyrrole nitrogens is 1. The first-order valence-electron chi connectivity index (χ1n) is 15.6. The molecule has 0 radical (unpaired) electrons. The van der Waals surface area contributed by atoms with Crippen molar-refractivity contribution < 1.29 is 19.3 Å². The molecule has 0 aliphatic heterocycles. The van der Waals surface area contributed by atoms with Gasteiger partial charge in [-0.2, -0.15) is 0 Å². The fraction of sp³-hybridized carbons (Fsp3) is 0.263. The van der Waals surface area contributed by atoms with Gasteiger partial charge in [-0.05, 0) is 29.2 Å². The summed E-state index contributed by atoms with van der Waals surface area (Å²) in [4.78, 5) is 28.3. The number of aliphatic hydroxyl groups excluding tert-OH is 1. The fourth-order valence-electron chi connectivity index (χ4n) is 5.13. The number of thioether (sulfide) groups is 1. The second-order valence-electron chi connectivity index (χ2n) is 11.3. The number of aromatic amines is 1. The fourth-order valence-corrected chi connectivity index (χ4v) is 6.42. The third kappa shape index (κ3) is 10.1. The smallest absolute Gasteiger partial charge is 0.329 e. The Morgan fingerprint density at radius 1 is 0.681 bits per heavy atom. The summed E-state index contributed by atoms with van der Waals surface area (Å²) < 4.78 is 20.7. The molecule has 2 N–H and O–H groups in total. The molecule has 8 nitrogen and oxygen atoms in total. The van der Waals surface area contributed by atoms with Gasteiger partial charge in [-0.1, -0.05) is 121 Å². The number of benzene rings is 4. The van der Waals surface area contributed by atoms with Gasteiger partial charge >= 0.3 is 5.69 Å². The molecule has 1 aromatic heterocycles. The van der Waals surface area contributed by atoms with Gasteiger partial charge in [-0.15, -0.1) is 11.8 Å². The van der Waals surface area contributed by atoms with Crippen molar-refractivity contribution >= 4 is 11.8 Å². The van der Waals surface area contributed by atoms with E-state index in [-0.39, 0.29) is 19.8 Å². The van der Waals surface area contributed by atoms with E-state index in [0.29, 0.717) is 17.9 Å². The number of nitrogens with zero attached hydrogens (tertiary/aromatic N) is 1. The van der Waals surface area contributed by atoms with Gasteiger partial charge in [0.2, 0.25) is 0 Å². The SMILES string of the molecule is Cc1cn([C@H](SCc2ccccc2)[C@H](OCc2ccccc2)[C@@H](OCc2ccccc2)[C@H](O)COCc2ccccc2)c(=O)[nH]c1=O. The van der Waals surface area contributed by atoms with Crippen molar-refractivity contribution in [3.8, 4) is 0 Å². The van der Waals surface area contributed by atoms with Gasteiger partial charge in [-0.3, -0.25) is 14.3 Å². The van der Waals surface area contributed by atoms with Gasteiger partial charge in [0, 0.05) is 17.5 Å². The minimum atomic E-state index is -1.12. The van der Waals surface area contributed by atoms with Crippen molar-refractivity contribution in [3.63, 3.8) is 0 Å². The van der Waals surface area contributed by atoms with Crippen LogP contribution in [0.5, 0.6) is 0 Å². The highest BCUT2D eigenvalue weighted by Crippen LogP contribution is 2.35. The Kier molecular flexibility index (Phi) is 12.8. The van der Waals surface area contributed by atoms with Crippen LogP contribution in [0.1, 0.15) is 33.2 Å². The molecule has 5 aromatic rings. The quantitative estimate of drug-likeness (QED) is 0.127. The predicted molar refractivity (Wildman–Crippen MR) is 185 cm³/mol. The van der Waals surface area contributed by atoms with Crippen LogP contribution in [0.15, 0.2) is 137 Å². The molecular weight excluding hydrogens is 612 g/mol. The Hall–Kier alpha value is -4.25. The number of ether oxygens (including phenoxy) is 3. The molecule has 0 saturated heterocycles. The molecule has 1 heterocycles. The van der Waals surface area contributed by atoms with Gasteiger partial charge < -0.3 is 19.3 Å². The highest BCUT2D eigenvalue weighted by Gasteiger charge is 2.38. The summed E-state index contributed by atoms with van der Waals surface area (Å²) in [7, 11) is 0. The first-order chi connectivity index (χ1) is 23.0. The van der Waals surface area contributed by atoms with Crippen molar-refractivity contribution in [2.24, 2.45) is 0 Å². The highest BCUT2D eigenvalue weighted by molar-refractivity contribution is 7.98. The zero-order chi connectivity index (χ0) is 32.8. The number of aryl methyl sites for hydroxylation is 1. The molecule has 0 amide bonds. The van der Waals surface area contributed by atoms with Crippen molar-refractivity contribution in [2.75, 3.05) is 6.61 Å². The van der Waals surface area contributed by atoms with Crippen molar-refractivity contribution in [2.45, 2.75) is 56.2 Å². The normalized spacial score (nSPS) is 13.9. The monoisotopic (exact) mass is 652 g/mol. The van der Waals surface area contributed by atoms with Crippen LogP contribution in [0, 0.1) is 6.92 Å². The Bertz CT molecular complexity index is 1750. The third-order valence-corrected chi connectivity index (χ3v) is 8.98. The molecule has 4 aromatic carbocycles. The van der Waals surface area contributed by atoms with Gasteiger partial charge in [0.25, 0.3) is 5.56 Å². The second-order valence-corrected chi connectivity index (χ2v) is 12.4. The van der Waals surface area contributed by atoms with Crippen molar-refractivity contribution in [3.05, 3.63) is 176 Å². The Morgan fingerprint density at radius 2 is 1.15 bits per heavy atom. The van der Waals surface area contributed by atoms with E-state index in [0.717, 1.165) is 22.3 Å². The van der Waals surface area contributed by atoms with Crippen LogP contribution >= 0.6 is 11.8 Å². The summed E-state index contributed by atoms with van der Waals surface area (Å²) in [5, 5.41) is 11.1. The Labute approximate surface area is 279 Å². The third-order valence-electron chi connectivity index (χ3n) is 7.64. The maximum atomic E-state index is 13.4. The van der Waals surface area contributed by atoms with E-state index in [9.17, 15) is 14.7 Å². The number of nitrogens with one attached hydrogen (secondary N) is 1. The van der Waals surface area contributed by atoms with Crippen LogP contribution in [0.25, 0.3) is 0 Å². The lowest BCUT2D eigenvalue weighted by molar-refractivity contribution is -0.152. The van der Waals surface area contributed by atoms with E-state index in [4.69, 9.17) is 14.2 Å². The average Bonchev–Trinajstić information content (AvgIpc) is 3.10. The lowest BCUT2D eigenvalue weighted by Gasteiger charge is -2.36.